The zero-order valence-electron chi connectivity index (χ0n) is 16.1. The van der Waals surface area contributed by atoms with Crippen LogP contribution in [0.5, 0.6) is 0 Å². The van der Waals surface area contributed by atoms with Crippen molar-refractivity contribution in [1.29, 1.82) is 0 Å². The van der Waals surface area contributed by atoms with Gasteiger partial charge in [-0.25, -0.2) is 9.78 Å². The number of carbonyl (C=O) groups excluding carboxylic acids is 1. The Morgan fingerprint density at radius 2 is 2.07 bits per heavy atom. The second kappa shape index (κ2) is 8.34. The molecule has 0 aliphatic heterocycles. The van der Waals surface area contributed by atoms with Crippen molar-refractivity contribution in [2.75, 3.05) is 12.5 Å². The maximum atomic E-state index is 11.8. The first kappa shape index (κ1) is 19.7. The number of aromatic nitrogens is 2. The molecule has 3 rings (SSSR count). The Morgan fingerprint density at radius 3 is 2.72 bits per heavy atom. The number of benzene rings is 1. The van der Waals surface area contributed by atoms with E-state index < -0.39 is 10.9 Å². The molecule has 1 N–H and O–H groups in total. The molecule has 0 saturated carbocycles. The van der Waals surface area contributed by atoms with Crippen molar-refractivity contribution >= 4 is 23.7 Å². The predicted molar refractivity (Wildman–Crippen MR) is 109 cm³/mol. The molecule has 1 aromatic carbocycles. The molecule has 0 aliphatic carbocycles. The largest absolute Gasteiger partial charge is 0.465 e. The van der Waals surface area contributed by atoms with E-state index in [0.29, 0.717) is 11.4 Å². The van der Waals surface area contributed by atoms with Crippen LogP contribution in [-0.4, -0.2) is 33.8 Å². The normalized spacial score (nSPS) is 10.9. The molecular formula is C20H19N5O4. The zero-order valence-corrected chi connectivity index (χ0v) is 16.1. The highest BCUT2D eigenvalue weighted by atomic mass is 16.6. The Labute approximate surface area is 166 Å². The molecule has 3 aromatic rings. The molecule has 0 unspecified atom stereocenters. The molecule has 9 heteroatoms. The van der Waals surface area contributed by atoms with Gasteiger partial charge in [0.15, 0.2) is 0 Å². The number of methoxy groups -OCH3 is 1. The molecule has 0 radical (unpaired) electrons. The lowest BCUT2D eigenvalue weighted by Gasteiger charge is -2.10. The monoisotopic (exact) mass is 393 g/mol. The van der Waals surface area contributed by atoms with E-state index in [1.165, 1.54) is 19.2 Å². The van der Waals surface area contributed by atoms with Gasteiger partial charge in [-0.1, -0.05) is 6.07 Å². The van der Waals surface area contributed by atoms with Crippen LogP contribution in [0, 0.1) is 24.0 Å². The Hall–Kier alpha value is -4.01. The quantitative estimate of drug-likeness (QED) is 0.296. The summed E-state index contributed by atoms with van der Waals surface area (Å²) in [6.45, 7) is 3.91. The molecule has 29 heavy (non-hydrogen) atoms. The smallest absolute Gasteiger partial charge is 0.337 e. The van der Waals surface area contributed by atoms with Crippen molar-refractivity contribution in [3.63, 3.8) is 0 Å². The number of hydrazone groups is 1. The van der Waals surface area contributed by atoms with E-state index in [4.69, 9.17) is 4.74 Å². The third-order valence-corrected chi connectivity index (χ3v) is 4.34. The van der Waals surface area contributed by atoms with Crippen LogP contribution in [0.1, 0.15) is 27.3 Å². The number of pyridine rings is 1. The van der Waals surface area contributed by atoms with Crippen molar-refractivity contribution in [2.45, 2.75) is 13.8 Å². The minimum Gasteiger partial charge on any atom is -0.465 e. The van der Waals surface area contributed by atoms with Gasteiger partial charge in [0, 0.05) is 28.7 Å². The van der Waals surface area contributed by atoms with E-state index in [1.807, 2.05) is 30.5 Å². The number of rotatable bonds is 6. The number of nitrogens with zero attached hydrogens (tertiary/aromatic N) is 4. The first-order valence-electron chi connectivity index (χ1n) is 8.68. The lowest BCUT2D eigenvalue weighted by molar-refractivity contribution is -0.385. The number of esters is 1. The summed E-state index contributed by atoms with van der Waals surface area (Å²) in [6.07, 6.45) is 2.81. The van der Waals surface area contributed by atoms with Gasteiger partial charge in [0.05, 0.1) is 23.8 Å². The Balaban J connectivity index is 1.81. The Morgan fingerprint density at radius 1 is 1.28 bits per heavy atom. The highest BCUT2D eigenvalue weighted by Gasteiger charge is 2.12. The Kier molecular flexibility index (Phi) is 5.68. The first-order valence-corrected chi connectivity index (χ1v) is 8.68. The topological polar surface area (TPSA) is 112 Å². The zero-order chi connectivity index (χ0) is 21.0. The van der Waals surface area contributed by atoms with Gasteiger partial charge < -0.3 is 9.30 Å². The van der Waals surface area contributed by atoms with Crippen molar-refractivity contribution in [2.24, 2.45) is 5.10 Å². The summed E-state index contributed by atoms with van der Waals surface area (Å²) in [5, 5.41) is 14.8. The summed E-state index contributed by atoms with van der Waals surface area (Å²) < 4.78 is 6.80. The molecule has 0 spiro atoms. The van der Waals surface area contributed by atoms with E-state index in [2.05, 4.69) is 15.5 Å². The van der Waals surface area contributed by atoms with Crippen LogP contribution < -0.4 is 5.43 Å². The first-order chi connectivity index (χ1) is 13.9. The molecule has 0 bridgehead atoms. The van der Waals surface area contributed by atoms with Crippen LogP contribution in [-0.2, 0) is 4.74 Å². The average Bonchev–Trinajstić information content (AvgIpc) is 3.01. The number of hydrogen-bond donors (Lipinski definition) is 1. The van der Waals surface area contributed by atoms with E-state index in [0.717, 1.165) is 28.8 Å². The summed E-state index contributed by atoms with van der Waals surface area (Å²) in [6, 6.07) is 12.0. The molecule has 2 aromatic heterocycles. The van der Waals surface area contributed by atoms with Gasteiger partial charge in [0.2, 0.25) is 0 Å². The van der Waals surface area contributed by atoms with Gasteiger partial charge >= 0.3 is 5.97 Å². The van der Waals surface area contributed by atoms with Crippen LogP contribution in [0.25, 0.3) is 5.69 Å². The van der Waals surface area contributed by atoms with Crippen LogP contribution >= 0.6 is 0 Å². The number of carbonyl (C=O) groups is 1. The maximum Gasteiger partial charge on any atom is 0.337 e. The standard InChI is InChI=1S/C20H19N5O4/c1-13-9-16(11-22-23-19-8-7-18(12-21-19)25(27)28)14(2)24(13)17-6-4-5-15(10-17)20(26)29-3/h4-12H,1-3H3,(H,21,23)/b22-11+. The molecule has 0 fully saturated rings. The van der Waals surface area contributed by atoms with Crippen molar-refractivity contribution in [3.8, 4) is 5.69 Å². The fraction of sp³-hybridized carbons (Fsp3) is 0.150. The van der Waals surface area contributed by atoms with Gasteiger partial charge in [-0.2, -0.15) is 5.10 Å². The Bertz CT molecular complexity index is 1090. The summed E-state index contributed by atoms with van der Waals surface area (Å²) >= 11 is 0. The predicted octanol–water partition coefficient (Wildman–Crippen LogP) is 3.63. The molecule has 0 saturated heterocycles. The third kappa shape index (κ3) is 4.29. The number of nitro groups is 1. The highest BCUT2D eigenvalue weighted by molar-refractivity contribution is 5.90. The fourth-order valence-electron chi connectivity index (χ4n) is 2.93. The number of nitrogens with one attached hydrogen (secondary N) is 1. The van der Waals surface area contributed by atoms with Gasteiger partial charge in [0.1, 0.15) is 12.0 Å². The van der Waals surface area contributed by atoms with Crippen molar-refractivity contribution in [3.05, 3.63) is 81.3 Å². The van der Waals surface area contributed by atoms with Gasteiger partial charge in [-0.15, -0.1) is 0 Å². The molecular weight excluding hydrogens is 374 g/mol. The van der Waals surface area contributed by atoms with Crippen LogP contribution in [0.3, 0.4) is 0 Å². The van der Waals surface area contributed by atoms with Crippen LogP contribution in [0.2, 0.25) is 0 Å². The highest BCUT2D eigenvalue weighted by Crippen LogP contribution is 2.21. The summed E-state index contributed by atoms with van der Waals surface area (Å²) in [7, 11) is 1.35. The summed E-state index contributed by atoms with van der Waals surface area (Å²) in [5.41, 5.74) is 6.76. The molecule has 148 valence electrons. The lowest BCUT2D eigenvalue weighted by Crippen LogP contribution is -2.05. The van der Waals surface area contributed by atoms with Crippen LogP contribution in [0.4, 0.5) is 11.5 Å². The summed E-state index contributed by atoms with van der Waals surface area (Å²) in [4.78, 5) is 25.9. The molecule has 0 atom stereocenters. The van der Waals surface area contributed by atoms with E-state index in [-0.39, 0.29) is 5.69 Å². The van der Waals surface area contributed by atoms with Crippen molar-refractivity contribution < 1.29 is 14.5 Å². The van der Waals surface area contributed by atoms with Crippen LogP contribution in [0.15, 0.2) is 53.8 Å². The van der Waals surface area contributed by atoms with Gasteiger partial charge in [-0.3, -0.25) is 15.5 Å². The fourth-order valence-corrected chi connectivity index (χ4v) is 2.93. The second-order valence-corrected chi connectivity index (χ2v) is 6.23. The minimum absolute atomic E-state index is 0.0859. The molecule has 0 aliphatic rings. The number of ether oxygens (including phenoxy) is 1. The molecule has 0 amide bonds. The molecule has 9 nitrogen and oxygen atoms in total. The van der Waals surface area contributed by atoms with E-state index >= 15 is 0 Å². The summed E-state index contributed by atoms with van der Waals surface area (Å²) in [5.74, 6) is 0.00216. The third-order valence-electron chi connectivity index (χ3n) is 4.34. The maximum absolute atomic E-state index is 11.8. The van der Waals surface area contributed by atoms with E-state index in [9.17, 15) is 14.9 Å². The number of hydrogen-bond acceptors (Lipinski definition) is 7. The lowest BCUT2D eigenvalue weighted by atomic mass is 10.2. The van der Waals surface area contributed by atoms with Gasteiger partial charge in [-0.05, 0) is 44.2 Å². The van der Waals surface area contributed by atoms with Gasteiger partial charge in [0.25, 0.3) is 5.69 Å². The van der Waals surface area contributed by atoms with Crippen molar-refractivity contribution in [1.82, 2.24) is 9.55 Å². The van der Waals surface area contributed by atoms with E-state index in [1.54, 1.807) is 24.4 Å². The average molecular weight is 393 g/mol. The number of anilines is 1. The molecule has 2 heterocycles. The second-order valence-electron chi connectivity index (χ2n) is 6.23. The minimum atomic E-state index is -0.510. The number of aryl methyl sites for hydroxylation is 1. The SMILES string of the molecule is COC(=O)c1cccc(-n2c(C)cc(/C=N/Nc3ccc([N+](=O)[O-])cn3)c2C)c1.